The van der Waals surface area contributed by atoms with Gasteiger partial charge in [-0.3, -0.25) is 0 Å². The topological polar surface area (TPSA) is 225 Å². The normalized spacial score (nSPS) is 39.1. The van der Waals surface area contributed by atoms with E-state index in [2.05, 4.69) is 71.9 Å². The van der Waals surface area contributed by atoms with Gasteiger partial charge in [-0.15, -0.1) is 0 Å². The summed E-state index contributed by atoms with van der Waals surface area (Å²) >= 11 is 0. The lowest BCUT2D eigenvalue weighted by Crippen LogP contribution is -2.62. The first kappa shape index (κ1) is 74.9. The third-order valence-electron chi connectivity index (χ3n) is 25.2. The number of rotatable bonds is 15. The summed E-state index contributed by atoms with van der Waals surface area (Å²) < 4.78 is 38.3. The molecule has 534 valence electrons. The number of carbonyl (C=O) groups excluding carboxylic acids is 7. The Morgan fingerprint density at radius 2 is 0.781 bits per heavy atom. The molecule has 17 saturated carbocycles. The van der Waals surface area contributed by atoms with E-state index in [0.29, 0.717) is 107 Å². The zero-order valence-corrected chi connectivity index (χ0v) is 60.1. The second kappa shape index (κ2) is 29.5. The molecule has 0 aromatic carbocycles. The van der Waals surface area contributed by atoms with Crippen molar-refractivity contribution in [1.29, 1.82) is 0 Å². The summed E-state index contributed by atoms with van der Waals surface area (Å²) in [5.74, 6) is 6.41. The molecule has 0 radical (unpaired) electrons. The summed E-state index contributed by atoms with van der Waals surface area (Å²) in [6.45, 7) is 40.9. The maximum Gasteiger partial charge on any atom is 0.347 e. The van der Waals surface area contributed by atoms with Crippen LogP contribution in [0.25, 0.3) is 0 Å². The highest BCUT2D eigenvalue weighted by atomic mass is 16.6. The van der Waals surface area contributed by atoms with Gasteiger partial charge in [-0.25, -0.2) is 33.6 Å². The molecule has 96 heavy (non-hydrogen) atoms. The van der Waals surface area contributed by atoms with E-state index in [1.54, 1.807) is 34.6 Å². The van der Waals surface area contributed by atoms with Gasteiger partial charge < -0.3 is 43.4 Å². The van der Waals surface area contributed by atoms with Crippen LogP contribution >= 0.6 is 0 Å². The monoisotopic (exact) mass is 1330 g/mol. The molecular weight excluding hydrogens is 1220 g/mol. The minimum absolute atomic E-state index is 0.163. The summed E-state index contributed by atoms with van der Waals surface area (Å²) in [6, 6.07) is 0. The Hall–Kier alpha value is -5.35. The molecule has 0 amide bonds. The van der Waals surface area contributed by atoms with Gasteiger partial charge >= 0.3 is 41.8 Å². The van der Waals surface area contributed by atoms with Crippen LogP contribution in [-0.2, 0) is 66.7 Å². The predicted molar refractivity (Wildman–Crippen MR) is 366 cm³/mol. The molecule has 5 atom stereocenters. The molecule has 1 heterocycles. The zero-order chi connectivity index (χ0) is 70.3. The van der Waals surface area contributed by atoms with Crippen molar-refractivity contribution < 1.29 is 76.9 Å². The largest absolute Gasteiger partial charge is 0.463 e. The van der Waals surface area contributed by atoms with Gasteiger partial charge in [-0.1, -0.05) is 67.2 Å². The number of carbonyl (C=O) groups is 7. The number of hydrogen-bond donors (Lipinski definition) is 2. The Labute approximate surface area is 573 Å². The summed E-state index contributed by atoms with van der Waals surface area (Å²) in [5, 5.41) is 21.0. The van der Waals surface area contributed by atoms with Gasteiger partial charge in [0.1, 0.15) is 28.0 Å². The fourth-order valence-corrected chi connectivity index (χ4v) is 22.2. The van der Waals surface area contributed by atoms with Crippen LogP contribution in [0.4, 0.5) is 0 Å². The van der Waals surface area contributed by atoms with Crippen molar-refractivity contribution in [2.75, 3.05) is 6.61 Å². The van der Waals surface area contributed by atoms with Crippen molar-refractivity contribution in [3.05, 3.63) is 72.9 Å². The third-order valence-corrected chi connectivity index (χ3v) is 25.2. The molecule has 18 fully saturated rings. The van der Waals surface area contributed by atoms with E-state index >= 15 is 0 Å². The highest BCUT2D eigenvalue weighted by Crippen LogP contribution is 2.64. The van der Waals surface area contributed by atoms with Crippen molar-refractivity contribution in [1.82, 2.24) is 0 Å². The minimum Gasteiger partial charge on any atom is -0.463 e. The summed E-state index contributed by atoms with van der Waals surface area (Å²) in [4.78, 5) is 80.6. The second-order valence-electron chi connectivity index (χ2n) is 33.9. The average molecular weight is 1340 g/mol. The molecule has 1 aliphatic heterocycles. The van der Waals surface area contributed by atoms with Crippen LogP contribution < -0.4 is 0 Å². The van der Waals surface area contributed by atoms with E-state index in [9.17, 15) is 43.8 Å². The van der Waals surface area contributed by atoms with Crippen molar-refractivity contribution in [3.8, 4) is 0 Å². The van der Waals surface area contributed by atoms with Gasteiger partial charge in [0.25, 0.3) is 0 Å². The highest BCUT2D eigenvalue weighted by molar-refractivity contribution is 5.90. The van der Waals surface area contributed by atoms with Crippen LogP contribution in [0.2, 0.25) is 0 Å². The number of cyclic esters (lactones) is 1. The Balaban J connectivity index is 0.000000136. The molecule has 0 spiro atoms. The van der Waals surface area contributed by atoms with E-state index in [1.165, 1.54) is 96.8 Å². The first-order chi connectivity index (χ1) is 45.0. The molecule has 16 nitrogen and oxygen atoms in total. The molecule has 16 heteroatoms. The fourth-order valence-electron chi connectivity index (χ4n) is 22.2. The van der Waals surface area contributed by atoms with Crippen LogP contribution in [0, 0.1) is 76.9 Å². The van der Waals surface area contributed by atoms with Gasteiger partial charge in [0, 0.05) is 52.7 Å². The molecule has 18 aliphatic rings. The van der Waals surface area contributed by atoms with Gasteiger partial charge in [0.2, 0.25) is 6.10 Å². The highest BCUT2D eigenvalue weighted by Gasteiger charge is 2.63. The van der Waals surface area contributed by atoms with Crippen LogP contribution in [0.15, 0.2) is 72.9 Å². The summed E-state index contributed by atoms with van der Waals surface area (Å²) in [7, 11) is 0. The van der Waals surface area contributed by atoms with Gasteiger partial charge in [0.05, 0.1) is 17.8 Å². The molecule has 1 saturated heterocycles. The van der Waals surface area contributed by atoms with Crippen molar-refractivity contribution in [2.24, 2.45) is 76.9 Å². The van der Waals surface area contributed by atoms with E-state index in [1.807, 2.05) is 0 Å². The molecule has 0 aromatic rings. The maximum atomic E-state index is 12.1. The Kier molecular flexibility index (Phi) is 23.0. The first-order valence-electron chi connectivity index (χ1n) is 36.9. The van der Waals surface area contributed by atoms with Crippen molar-refractivity contribution in [2.45, 2.75) is 301 Å². The lowest BCUT2D eigenvalue weighted by atomic mass is 9.47. The number of esters is 7. The van der Waals surface area contributed by atoms with E-state index in [-0.39, 0.29) is 52.2 Å². The van der Waals surface area contributed by atoms with Crippen LogP contribution in [0.5, 0.6) is 0 Å². The standard InChI is InChI=1S/C17H26O2.C16H24O2.2C14H20O3.C11H18O2.C8H10O4/c1-10(2)16(18)19-17(11(3)4)14-6-12-5-13(8-14)9-15(17)7-12;1-4-16(18-15(17)10(2)3)13-6-11-5-12(8-13)9-14(16)7-11;2*1-9(2)12(15)17-14-6-10-3-11(7-14)5-13(16,4-10)8-14;1-4-11(7-5-6-8-11)13-10(12)9(2)3;1-5(2)7(9)12-6-3-4-11-8(6)10/h11-15H,1,5-9H2,2-4H3;11-14H,2,4-9H2,1,3H3;2*10-11,16H,1,3-8H2,2H3;2,4-8H2,1,3H3;6H,1,3-4H2,2H3. The fraction of sp³-hybridized carbons (Fsp3) is 0.762. The number of ether oxygens (including phenoxy) is 7. The zero-order valence-electron chi connectivity index (χ0n) is 60.1. The third kappa shape index (κ3) is 16.6. The summed E-state index contributed by atoms with van der Waals surface area (Å²) in [5.41, 5.74) is 0.298. The van der Waals surface area contributed by atoms with Gasteiger partial charge in [-0.05, 0) is 285 Å². The molecule has 2 N–H and O–H groups in total. The number of aliphatic hydroxyl groups is 2. The van der Waals surface area contributed by atoms with Crippen LogP contribution in [-0.4, -0.2) is 104 Å². The molecule has 18 rings (SSSR count). The predicted octanol–water partition coefficient (Wildman–Crippen LogP) is 15.3. The van der Waals surface area contributed by atoms with Crippen molar-refractivity contribution in [3.63, 3.8) is 0 Å². The van der Waals surface area contributed by atoms with Gasteiger partial charge in [-0.2, -0.15) is 0 Å². The summed E-state index contributed by atoms with van der Waals surface area (Å²) in [6.07, 6.45) is 30.1. The molecule has 16 bridgehead atoms. The molecule has 5 unspecified atom stereocenters. The van der Waals surface area contributed by atoms with Crippen LogP contribution in [0.1, 0.15) is 255 Å². The lowest BCUT2D eigenvalue weighted by Gasteiger charge is -2.61. The number of hydrogen-bond acceptors (Lipinski definition) is 16. The quantitative estimate of drug-likeness (QED) is 0.0883. The SMILES string of the molecule is C=C(C)C(=O)OC1(C(C)C)C2CC3CC(C2)CC1C3.C=C(C)C(=O)OC1(CC)C2CC3CC(C2)CC1C3.C=C(C)C(=O)OC1(CC)CCCC1.C=C(C)C(=O)OC12CC3CC(CC(O)(C3)C1)C2.C=C(C)C(=O)OC12CC3CC(CC(O)(C3)C1)C2.C=C(C)C(=O)OC1CCOC1=O. The minimum atomic E-state index is -0.728. The molecule has 17 aliphatic carbocycles. The van der Waals surface area contributed by atoms with Gasteiger partial charge in [0.15, 0.2) is 0 Å². The Morgan fingerprint density at radius 1 is 0.448 bits per heavy atom. The Morgan fingerprint density at radius 3 is 1.09 bits per heavy atom. The first-order valence-corrected chi connectivity index (χ1v) is 36.9. The van der Waals surface area contributed by atoms with E-state index < -0.39 is 40.4 Å². The van der Waals surface area contributed by atoms with E-state index in [4.69, 9.17) is 28.4 Å². The second-order valence-corrected chi connectivity index (χ2v) is 33.9. The average Bonchev–Trinajstić information content (AvgIpc) is 0.920. The lowest BCUT2D eigenvalue weighted by molar-refractivity contribution is -0.221. The Bertz CT molecular complexity index is 2870. The van der Waals surface area contributed by atoms with E-state index in [0.717, 1.165) is 101 Å². The maximum absolute atomic E-state index is 12.1. The van der Waals surface area contributed by atoms with Crippen LogP contribution in [0.3, 0.4) is 0 Å². The van der Waals surface area contributed by atoms with Crippen molar-refractivity contribution >= 4 is 41.8 Å². The smallest absolute Gasteiger partial charge is 0.347 e. The molecule has 0 aromatic heterocycles. The molecular formula is C80H118O16.